The Hall–Kier alpha value is -2.06. The summed E-state index contributed by atoms with van der Waals surface area (Å²) in [5, 5.41) is 10.3. The molecule has 0 aliphatic carbocycles. The van der Waals surface area contributed by atoms with E-state index in [2.05, 4.69) is 4.98 Å². The first-order valence-electron chi connectivity index (χ1n) is 6.43. The van der Waals surface area contributed by atoms with Crippen LogP contribution in [0.25, 0.3) is 6.08 Å². The number of imidazole rings is 1. The number of carbonyl (C=O) groups excluding carboxylic acids is 1. The predicted octanol–water partition coefficient (Wildman–Crippen LogP) is 0.638. The van der Waals surface area contributed by atoms with E-state index >= 15 is 0 Å². The highest BCUT2D eigenvalue weighted by molar-refractivity contribution is 8.03. The second kappa shape index (κ2) is 4.47. The van der Waals surface area contributed by atoms with Gasteiger partial charge in [-0.2, -0.15) is 0 Å². The third-order valence-electron chi connectivity index (χ3n) is 3.64. The van der Waals surface area contributed by atoms with Gasteiger partial charge in [0.2, 0.25) is 0 Å². The number of aromatic nitrogens is 2. The van der Waals surface area contributed by atoms with Crippen LogP contribution in [0.1, 0.15) is 11.5 Å². The zero-order valence-electron chi connectivity index (χ0n) is 10.9. The molecule has 0 saturated carbocycles. The van der Waals surface area contributed by atoms with E-state index in [1.165, 1.54) is 22.1 Å². The lowest BCUT2D eigenvalue weighted by molar-refractivity contribution is -0.141. The van der Waals surface area contributed by atoms with E-state index < -0.39 is 5.97 Å². The molecule has 0 spiro atoms. The maximum atomic E-state index is 12.1. The van der Waals surface area contributed by atoms with Crippen molar-refractivity contribution in [3.8, 4) is 0 Å². The van der Waals surface area contributed by atoms with Gasteiger partial charge in [0, 0.05) is 18.1 Å². The summed E-state index contributed by atoms with van der Waals surface area (Å²) in [7, 11) is 0. The molecule has 1 amide bonds. The van der Waals surface area contributed by atoms with E-state index in [-0.39, 0.29) is 17.0 Å². The average molecular weight is 305 g/mol. The topological polar surface area (TPSA) is 84.7 Å². The Bertz CT molecular complexity index is 697. The molecule has 8 heteroatoms. The van der Waals surface area contributed by atoms with Crippen molar-refractivity contribution in [2.24, 2.45) is 0 Å². The van der Waals surface area contributed by atoms with Crippen LogP contribution >= 0.6 is 11.8 Å². The van der Waals surface area contributed by atoms with Gasteiger partial charge in [0.05, 0.1) is 17.9 Å². The van der Waals surface area contributed by atoms with Gasteiger partial charge in [-0.05, 0) is 6.08 Å². The molecule has 1 saturated heterocycles. The van der Waals surface area contributed by atoms with Crippen LogP contribution in [0.4, 0.5) is 0 Å². The van der Waals surface area contributed by atoms with Crippen LogP contribution in [0.15, 0.2) is 22.9 Å². The van der Waals surface area contributed by atoms with Crippen molar-refractivity contribution < 1.29 is 19.4 Å². The molecule has 1 aromatic heterocycles. The van der Waals surface area contributed by atoms with Crippen molar-refractivity contribution in [2.45, 2.75) is 18.5 Å². The number of rotatable bonds is 2. The third kappa shape index (κ3) is 1.83. The number of β-lactam (4-membered cyclic amide) rings is 1. The summed E-state index contributed by atoms with van der Waals surface area (Å²) in [5.41, 5.74) is 1.34. The molecule has 1 aromatic rings. The first-order valence-corrected chi connectivity index (χ1v) is 7.37. The fourth-order valence-electron chi connectivity index (χ4n) is 2.61. The van der Waals surface area contributed by atoms with Crippen molar-refractivity contribution in [3.05, 3.63) is 34.4 Å². The predicted molar refractivity (Wildman–Crippen MR) is 73.8 cm³/mol. The van der Waals surface area contributed by atoms with Crippen molar-refractivity contribution in [1.29, 1.82) is 0 Å². The quantitative estimate of drug-likeness (QED) is 0.637. The molecule has 0 bridgehead atoms. The van der Waals surface area contributed by atoms with Gasteiger partial charge in [-0.3, -0.25) is 9.69 Å². The number of aliphatic carboxylic acids is 1. The highest BCUT2D eigenvalue weighted by Gasteiger charge is 2.49. The van der Waals surface area contributed by atoms with Gasteiger partial charge in [0.1, 0.15) is 23.5 Å². The standard InChI is InChI=1S/C13H11N3O4S/c17-11-8(12-16(11)9(6-21-12)13(18)19)3-7-4-15-1-2-20-5-10(15)14-7/h3-4,6,12H,1-2,5H2,(H,18,19)/b8-3-. The summed E-state index contributed by atoms with van der Waals surface area (Å²) in [5.74, 6) is -0.493. The maximum absolute atomic E-state index is 12.1. The lowest BCUT2D eigenvalue weighted by Gasteiger charge is -2.36. The van der Waals surface area contributed by atoms with Gasteiger partial charge in [-0.25, -0.2) is 9.78 Å². The molecule has 108 valence electrons. The van der Waals surface area contributed by atoms with E-state index in [1.54, 1.807) is 6.08 Å². The fourth-order valence-corrected chi connectivity index (χ4v) is 3.73. The number of amides is 1. The number of nitrogens with zero attached hydrogens (tertiary/aromatic N) is 3. The van der Waals surface area contributed by atoms with Crippen LogP contribution in [0.5, 0.6) is 0 Å². The van der Waals surface area contributed by atoms with Crippen molar-refractivity contribution in [2.75, 3.05) is 6.61 Å². The SMILES string of the molecule is O=C(O)C1=CSC2/C(=C\c3cn4c(n3)COCC4)C(=O)N12. The smallest absolute Gasteiger partial charge is 0.353 e. The summed E-state index contributed by atoms with van der Waals surface area (Å²) in [6, 6.07) is 0. The minimum absolute atomic E-state index is 0.0460. The number of carbonyl (C=O) groups is 2. The Morgan fingerprint density at radius 3 is 3.19 bits per heavy atom. The van der Waals surface area contributed by atoms with Crippen molar-refractivity contribution in [1.82, 2.24) is 14.5 Å². The molecule has 1 atom stereocenters. The lowest BCUT2D eigenvalue weighted by Crippen LogP contribution is -2.51. The highest BCUT2D eigenvalue weighted by atomic mass is 32.2. The average Bonchev–Trinajstić information content (AvgIpc) is 3.05. The number of carboxylic acid groups (broad SMARTS) is 1. The number of carboxylic acids is 1. The molecule has 1 fully saturated rings. The Kier molecular flexibility index (Phi) is 2.69. The monoisotopic (exact) mass is 305 g/mol. The molecule has 3 aliphatic heterocycles. The number of thioether (sulfide) groups is 1. The van der Waals surface area contributed by atoms with Gasteiger partial charge in [-0.15, -0.1) is 11.8 Å². The minimum Gasteiger partial charge on any atom is -0.477 e. The first kappa shape index (κ1) is 12.7. The summed E-state index contributed by atoms with van der Waals surface area (Å²) in [4.78, 5) is 28.8. The summed E-state index contributed by atoms with van der Waals surface area (Å²) >= 11 is 1.33. The normalized spacial score (nSPS) is 25.4. The Balaban J connectivity index is 1.60. The Labute approximate surface area is 123 Å². The molecular formula is C13H11N3O4S. The molecule has 21 heavy (non-hydrogen) atoms. The van der Waals surface area contributed by atoms with Gasteiger partial charge in [-0.1, -0.05) is 0 Å². The van der Waals surface area contributed by atoms with E-state index in [9.17, 15) is 9.59 Å². The van der Waals surface area contributed by atoms with E-state index in [0.29, 0.717) is 24.5 Å². The molecule has 0 aromatic carbocycles. The largest absolute Gasteiger partial charge is 0.477 e. The van der Waals surface area contributed by atoms with Crippen LogP contribution in [0.3, 0.4) is 0 Å². The molecule has 0 radical (unpaired) electrons. The zero-order valence-corrected chi connectivity index (χ0v) is 11.7. The minimum atomic E-state index is -1.08. The van der Waals surface area contributed by atoms with Crippen molar-refractivity contribution >= 4 is 29.7 Å². The third-order valence-corrected chi connectivity index (χ3v) is 4.72. The molecule has 1 N–H and O–H groups in total. The van der Waals surface area contributed by atoms with Crippen LogP contribution in [0.2, 0.25) is 0 Å². The Morgan fingerprint density at radius 2 is 2.43 bits per heavy atom. The van der Waals surface area contributed by atoms with E-state index in [0.717, 1.165) is 12.4 Å². The summed E-state index contributed by atoms with van der Waals surface area (Å²) in [6.45, 7) is 1.90. The van der Waals surface area contributed by atoms with Gasteiger partial charge < -0.3 is 14.4 Å². The lowest BCUT2D eigenvalue weighted by atomic mass is 10.0. The van der Waals surface area contributed by atoms with E-state index in [1.807, 2.05) is 10.8 Å². The second-order valence-corrected chi connectivity index (χ2v) is 5.85. The van der Waals surface area contributed by atoms with Crippen LogP contribution < -0.4 is 0 Å². The molecule has 4 rings (SSSR count). The summed E-state index contributed by atoms with van der Waals surface area (Å²) < 4.78 is 7.34. The molecule has 7 nitrogen and oxygen atoms in total. The van der Waals surface area contributed by atoms with Gasteiger partial charge in [0.25, 0.3) is 5.91 Å². The van der Waals surface area contributed by atoms with Crippen LogP contribution in [0, 0.1) is 0 Å². The molecule has 1 unspecified atom stereocenters. The van der Waals surface area contributed by atoms with Crippen molar-refractivity contribution in [3.63, 3.8) is 0 Å². The van der Waals surface area contributed by atoms with Gasteiger partial charge >= 0.3 is 5.97 Å². The molecule has 4 heterocycles. The molecular weight excluding hydrogens is 294 g/mol. The maximum Gasteiger partial charge on any atom is 0.353 e. The Morgan fingerprint density at radius 1 is 1.57 bits per heavy atom. The van der Waals surface area contributed by atoms with Crippen LogP contribution in [-0.4, -0.2) is 43.4 Å². The summed E-state index contributed by atoms with van der Waals surface area (Å²) in [6.07, 6.45) is 3.63. The first-order chi connectivity index (χ1) is 10.1. The highest BCUT2D eigenvalue weighted by Crippen LogP contribution is 2.44. The fraction of sp³-hybridized carbons (Fsp3) is 0.308. The van der Waals surface area contributed by atoms with Crippen LogP contribution in [-0.2, 0) is 27.5 Å². The van der Waals surface area contributed by atoms with E-state index in [4.69, 9.17) is 9.84 Å². The zero-order chi connectivity index (χ0) is 14.6. The number of hydrogen-bond acceptors (Lipinski definition) is 5. The second-order valence-electron chi connectivity index (χ2n) is 4.90. The number of hydrogen-bond donors (Lipinski definition) is 1. The number of ether oxygens (including phenoxy) is 1. The molecule has 3 aliphatic rings. The number of fused-ring (bicyclic) bond motifs is 2. The van der Waals surface area contributed by atoms with Gasteiger partial charge in [0.15, 0.2) is 0 Å².